The van der Waals surface area contributed by atoms with Gasteiger partial charge in [-0.15, -0.1) is 0 Å². The number of nitrogens with zero attached hydrogens (tertiary/aromatic N) is 1. The Balaban J connectivity index is 2.26. The summed E-state index contributed by atoms with van der Waals surface area (Å²) in [6, 6.07) is 12.3. The Morgan fingerprint density at radius 1 is 1.42 bits per heavy atom. The highest BCUT2D eigenvalue weighted by molar-refractivity contribution is 5.75. The first kappa shape index (κ1) is 18.5. The third kappa shape index (κ3) is 4.82. The highest BCUT2D eigenvalue weighted by atomic mass is 16.5. The van der Waals surface area contributed by atoms with Gasteiger partial charge in [-0.05, 0) is 57.4 Å². The Labute approximate surface area is 144 Å². The third-order valence-electron chi connectivity index (χ3n) is 4.76. The SMILES string of the molecule is CCOC(=O)[C@H](C#N)[C@@H](Cc1ccccc1)[C@@H]1CCOC(C)(C)C1. The Kier molecular flexibility index (Phi) is 6.39. The number of rotatable bonds is 6. The molecule has 24 heavy (non-hydrogen) atoms. The van der Waals surface area contributed by atoms with Crippen molar-refractivity contribution in [1.82, 2.24) is 0 Å². The highest BCUT2D eigenvalue weighted by Gasteiger charge is 2.40. The maximum absolute atomic E-state index is 12.3. The van der Waals surface area contributed by atoms with E-state index in [1.807, 2.05) is 18.2 Å². The summed E-state index contributed by atoms with van der Waals surface area (Å²) in [6.07, 6.45) is 2.43. The molecule has 1 aliphatic rings. The Bertz CT molecular complexity index is 576. The maximum Gasteiger partial charge on any atom is 0.323 e. The zero-order chi connectivity index (χ0) is 17.6. The van der Waals surface area contributed by atoms with Gasteiger partial charge in [0.2, 0.25) is 0 Å². The Hall–Kier alpha value is -1.86. The first-order valence-corrected chi connectivity index (χ1v) is 8.71. The van der Waals surface area contributed by atoms with Crippen LogP contribution >= 0.6 is 0 Å². The average molecular weight is 329 g/mol. The minimum atomic E-state index is -0.732. The predicted octanol–water partition coefficient (Wildman–Crippen LogP) is 3.75. The highest BCUT2D eigenvalue weighted by Crippen LogP contribution is 2.38. The largest absolute Gasteiger partial charge is 0.465 e. The van der Waals surface area contributed by atoms with Crippen LogP contribution in [0.25, 0.3) is 0 Å². The van der Waals surface area contributed by atoms with Gasteiger partial charge in [0.1, 0.15) is 5.92 Å². The summed E-state index contributed by atoms with van der Waals surface area (Å²) in [5.74, 6) is -0.920. The summed E-state index contributed by atoms with van der Waals surface area (Å²) in [4.78, 5) is 12.3. The molecular weight excluding hydrogens is 302 g/mol. The van der Waals surface area contributed by atoms with Crippen LogP contribution in [0.3, 0.4) is 0 Å². The minimum Gasteiger partial charge on any atom is -0.465 e. The Morgan fingerprint density at radius 2 is 2.12 bits per heavy atom. The molecule has 1 aromatic rings. The van der Waals surface area contributed by atoms with Gasteiger partial charge >= 0.3 is 5.97 Å². The number of ether oxygens (including phenoxy) is 2. The van der Waals surface area contributed by atoms with E-state index >= 15 is 0 Å². The smallest absolute Gasteiger partial charge is 0.323 e. The molecule has 0 radical (unpaired) electrons. The van der Waals surface area contributed by atoms with Gasteiger partial charge in [0.15, 0.2) is 0 Å². The van der Waals surface area contributed by atoms with E-state index in [9.17, 15) is 10.1 Å². The molecule has 130 valence electrons. The lowest BCUT2D eigenvalue weighted by Gasteiger charge is -2.40. The number of carbonyl (C=O) groups excluding carboxylic acids is 1. The van der Waals surface area contributed by atoms with Crippen LogP contribution < -0.4 is 0 Å². The first-order chi connectivity index (χ1) is 11.5. The molecule has 0 bridgehead atoms. The number of carbonyl (C=O) groups is 1. The fourth-order valence-electron chi connectivity index (χ4n) is 3.64. The molecule has 0 unspecified atom stereocenters. The zero-order valence-corrected chi connectivity index (χ0v) is 14.8. The predicted molar refractivity (Wildman–Crippen MR) is 92.1 cm³/mol. The molecule has 1 heterocycles. The van der Waals surface area contributed by atoms with Crippen molar-refractivity contribution in [2.24, 2.45) is 17.8 Å². The van der Waals surface area contributed by atoms with Crippen LogP contribution in [0.1, 0.15) is 39.2 Å². The molecular formula is C20H27NO3. The molecule has 3 atom stereocenters. The van der Waals surface area contributed by atoms with E-state index in [0.717, 1.165) is 18.4 Å². The van der Waals surface area contributed by atoms with Crippen molar-refractivity contribution in [2.75, 3.05) is 13.2 Å². The van der Waals surface area contributed by atoms with E-state index in [-0.39, 0.29) is 17.4 Å². The van der Waals surface area contributed by atoms with Crippen molar-refractivity contribution in [3.8, 4) is 6.07 Å². The number of hydrogen-bond donors (Lipinski definition) is 0. The van der Waals surface area contributed by atoms with Crippen molar-refractivity contribution >= 4 is 5.97 Å². The lowest BCUT2D eigenvalue weighted by molar-refractivity contribution is -0.150. The van der Waals surface area contributed by atoms with Crippen LogP contribution in [0.4, 0.5) is 0 Å². The second-order valence-corrected chi connectivity index (χ2v) is 7.07. The van der Waals surface area contributed by atoms with Gasteiger partial charge in [-0.1, -0.05) is 30.3 Å². The lowest BCUT2D eigenvalue weighted by atomic mass is 9.71. The normalized spacial score (nSPS) is 22.2. The first-order valence-electron chi connectivity index (χ1n) is 8.71. The minimum absolute atomic E-state index is 0.0559. The fraction of sp³-hybridized carbons (Fsp3) is 0.600. The van der Waals surface area contributed by atoms with Gasteiger partial charge < -0.3 is 9.47 Å². The van der Waals surface area contributed by atoms with Gasteiger partial charge in [-0.25, -0.2) is 0 Å². The number of hydrogen-bond acceptors (Lipinski definition) is 4. The third-order valence-corrected chi connectivity index (χ3v) is 4.76. The fourth-order valence-corrected chi connectivity index (χ4v) is 3.64. The van der Waals surface area contributed by atoms with E-state index in [4.69, 9.17) is 9.47 Å². The summed E-state index contributed by atoms with van der Waals surface area (Å²) in [5.41, 5.74) is 0.934. The van der Waals surface area contributed by atoms with E-state index in [1.165, 1.54) is 0 Å². The standard InChI is InChI=1S/C20H27NO3/c1-4-23-19(22)18(14-21)17(12-15-8-6-5-7-9-15)16-10-11-24-20(2,3)13-16/h5-9,16-18H,4,10-13H2,1-3H3/t16-,17+,18-/m1/s1. The van der Waals surface area contributed by atoms with Crippen LogP contribution in [0.2, 0.25) is 0 Å². The van der Waals surface area contributed by atoms with E-state index in [0.29, 0.717) is 19.6 Å². The van der Waals surface area contributed by atoms with Gasteiger partial charge in [-0.2, -0.15) is 5.26 Å². The molecule has 0 aliphatic carbocycles. The van der Waals surface area contributed by atoms with Crippen LogP contribution in [0, 0.1) is 29.1 Å². The average Bonchev–Trinajstić information content (AvgIpc) is 2.55. The second kappa shape index (κ2) is 8.30. The summed E-state index contributed by atoms with van der Waals surface area (Å²) in [5, 5.41) is 9.65. The van der Waals surface area contributed by atoms with Gasteiger partial charge in [0.05, 0.1) is 18.3 Å². The molecule has 0 spiro atoms. The molecule has 0 saturated carbocycles. The molecule has 1 aliphatic heterocycles. The number of benzene rings is 1. The van der Waals surface area contributed by atoms with Crippen molar-refractivity contribution < 1.29 is 14.3 Å². The maximum atomic E-state index is 12.3. The monoisotopic (exact) mass is 329 g/mol. The molecule has 2 rings (SSSR count). The van der Waals surface area contributed by atoms with Crippen LogP contribution in [-0.2, 0) is 20.7 Å². The summed E-state index contributed by atoms with van der Waals surface area (Å²) in [7, 11) is 0. The van der Waals surface area contributed by atoms with Crippen molar-refractivity contribution in [3.63, 3.8) is 0 Å². The van der Waals surface area contributed by atoms with E-state index in [2.05, 4.69) is 32.0 Å². The molecule has 0 N–H and O–H groups in total. The number of nitriles is 1. The molecule has 1 aromatic carbocycles. The van der Waals surface area contributed by atoms with Crippen LogP contribution in [0.5, 0.6) is 0 Å². The molecule has 1 saturated heterocycles. The summed E-state index contributed by atoms with van der Waals surface area (Å²) in [6.45, 7) is 6.89. The molecule has 1 fully saturated rings. The van der Waals surface area contributed by atoms with Crippen molar-refractivity contribution in [3.05, 3.63) is 35.9 Å². The van der Waals surface area contributed by atoms with Gasteiger partial charge in [0, 0.05) is 6.61 Å². The van der Waals surface area contributed by atoms with E-state index in [1.54, 1.807) is 6.92 Å². The van der Waals surface area contributed by atoms with Crippen LogP contribution in [0.15, 0.2) is 30.3 Å². The van der Waals surface area contributed by atoms with Gasteiger partial charge in [0.25, 0.3) is 0 Å². The summed E-state index contributed by atoms with van der Waals surface area (Å²) < 4.78 is 11.0. The zero-order valence-electron chi connectivity index (χ0n) is 14.8. The summed E-state index contributed by atoms with van der Waals surface area (Å²) >= 11 is 0. The molecule has 4 nitrogen and oxygen atoms in total. The quantitative estimate of drug-likeness (QED) is 0.746. The molecule has 0 amide bonds. The van der Waals surface area contributed by atoms with Crippen molar-refractivity contribution in [1.29, 1.82) is 5.26 Å². The lowest BCUT2D eigenvalue weighted by Crippen LogP contribution is -2.41. The van der Waals surface area contributed by atoms with Crippen molar-refractivity contribution in [2.45, 2.75) is 45.6 Å². The topological polar surface area (TPSA) is 59.3 Å². The van der Waals surface area contributed by atoms with E-state index < -0.39 is 11.9 Å². The second-order valence-electron chi connectivity index (χ2n) is 7.07. The Morgan fingerprint density at radius 3 is 2.71 bits per heavy atom. The van der Waals surface area contributed by atoms with Crippen LogP contribution in [-0.4, -0.2) is 24.8 Å². The number of esters is 1. The molecule has 4 heteroatoms. The van der Waals surface area contributed by atoms with Gasteiger partial charge in [-0.3, -0.25) is 4.79 Å². The molecule has 0 aromatic heterocycles.